The van der Waals surface area contributed by atoms with Crippen molar-refractivity contribution in [3.63, 3.8) is 0 Å². The second kappa shape index (κ2) is 13.6. The van der Waals surface area contributed by atoms with E-state index >= 15 is 0 Å². The van der Waals surface area contributed by atoms with Crippen molar-refractivity contribution < 1.29 is 22.4 Å². The van der Waals surface area contributed by atoms with Crippen molar-refractivity contribution >= 4 is 39.1 Å². The fourth-order valence-electron chi connectivity index (χ4n) is 3.98. The number of benzene rings is 3. The zero-order valence-electron chi connectivity index (χ0n) is 22.2. The summed E-state index contributed by atoms with van der Waals surface area (Å²) in [7, 11) is -3.92. The van der Waals surface area contributed by atoms with E-state index in [4.69, 9.17) is 11.6 Å². The van der Waals surface area contributed by atoms with E-state index in [0.717, 1.165) is 33.8 Å². The van der Waals surface area contributed by atoms with Crippen LogP contribution < -0.4 is 9.62 Å². The van der Waals surface area contributed by atoms with Gasteiger partial charge in [0.25, 0.3) is 0 Å². The molecule has 0 aliphatic carbocycles. The van der Waals surface area contributed by atoms with Gasteiger partial charge in [0.1, 0.15) is 18.4 Å². The molecule has 0 heterocycles. The fraction of sp³-hybridized carbons (Fsp3) is 0.310. The molecule has 3 aromatic rings. The van der Waals surface area contributed by atoms with Crippen LogP contribution in [0.25, 0.3) is 0 Å². The highest BCUT2D eigenvalue weighted by molar-refractivity contribution is 7.92. The number of rotatable bonds is 12. The molecule has 3 aromatic carbocycles. The molecule has 10 heteroatoms. The normalized spacial score (nSPS) is 12.2. The van der Waals surface area contributed by atoms with E-state index < -0.39 is 34.3 Å². The molecule has 0 aliphatic rings. The topological polar surface area (TPSA) is 86.8 Å². The number of nitrogens with one attached hydrogen (secondary N) is 1. The highest BCUT2D eigenvalue weighted by Gasteiger charge is 2.33. The molecule has 2 amide bonds. The van der Waals surface area contributed by atoms with Crippen LogP contribution >= 0.6 is 11.6 Å². The summed E-state index contributed by atoms with van der Waals surface area (Å²) in [4.78, 5) is 28.9. The maximum atomic E-state index is 13.9. The molecule has 1 atom stereocenters. The molecule has 208 valence electrons. The summed E-state index contributed by atoms with van der Waals surface area (Å²) >= 11 is 6.06. The number of halogens is 2. The molecule has 0 radical (unpaired) electrons. The second-order valence-electron chi connectivity index (χ2n) is 9.74. The van der Waals surface area contributed by atoms with Gasteiger partial charge < -0.3 is 10.2 Å². The number of nitrogens with zero attached hydrogens (tertiary/aromatic N) is 2. The lowest BCUT2D eigenvalue weighted by Crippen LogP contribution is -2.53. The van der Waals surface area contributed by atoms with Crippen LogP contribution in [-0.4, -0.2) is 50.5 Å². The van der Waals surface area contributed by atoms with Gasteiger partial charge in [-0.25, -0.2) is 12.8 Å². The van der Waals surface area contributed by atoms with Crippen LogP contribution in [-0.2, 0) is 32.6 Å². The number of amides is 2. The maximum absolute atomic E-state index is 13.9. The van der Waals surface area contributed by atoms with Crippen molar-refractivity contribution in [1.82, 2.24) is 10.2 Å². The molecule has 1 N–H and O–H groups in total. The number of anilines is 1. The Kier molecular flexibility index (Phi) is 10.5. The molecule has 1 unspecified atom stereocenters. The minimum absolute atomic E-state index is 0.0453. The lowest BCUT2D eigenvalue weighted by atomic mass is 10.0. The number of carbonyl (C=O) groups excluding carboxylic acids is 2. The maximum Gasteiger partial charge on any atom is 0.244 e. The Morgan fingerprint density at radius 1 is 0.923 bits per heavy atom. The van der Waals surface area contributed by atoms with Crippen molar-refractivity contribution in [2.45, 2.75) is 32.9 Å². The average Bonchev–Trinajstić information content (AvgIpc) is 2.89. The van der Waals surface area contributed by atoms with Gasteiger partial charge in [0.05, 0.1) is 11.9 Å². The molecule has 0 saturated heterocycles. The zero-order chi connectivity index (χ0) is 28.6. The first-order chi connectivity index (χ1) is 18.4. The second-order valence-corrected chi connectivity index (χ2v) is 12.1. The van der Waals surface area contributed by atoms with Crippen LogP contribution in [0.4, 0.5) is 10.1 Å². The fourth-order valence-corrected chi connectivity index (χ4v) is 4.96. The molecule has 0 aliphatic heterocycles. The number of hydrogen-bond donors (Lipinski definition) is 1. The van der Waals surface area contributed by atoms with Crippen LogP contribution in [0.15, 0.2) is 78.9 Å². The molecular formula is C29H33ClFN3O4S. The highest BCUT2D eigenvalue weighted by Crippen LogP contribution is 2.21. The van der Waals surface area contributed by atoms with Crippen molar-refractivity contribution in [2.24, 2.45) is 5.92 Å². The summed E-state index contributed by atoms with van der Waals surface area (Å²) in [6, 6.07) is 20.1. The van der Waals surface area contributed by atoms with Gasteiger partial charge in [0.15, 0.2) is 0 Å². The van der Waals surface area contributed by atoms with Crippen LogP contribution in [0.5, 0.6) is 0 Å². The van der Waals surface area contributed by atoms with Crippen molar-refractivity contribution in [3.8, 4) is 0 Å². The Morgan fingerprint density at radius 2 is 1.54 bits per heavy atom. The van der Waals surface area contributed by atoms with E-state index in [9.17, 15) is 22.4 Å². The van der Waals surface area contributed by atoms with E-state index in [-0.39, 0.29) is 30.5 Å². The average molecular weight is 574 g/mol. The lowest BCUT2D eigenvalue weighted by molar-refractivity contribution is -0.140. The van der Waals surface area contributed by atoms with Crippen molar-refractivity contribution in [3.05, 3.63) is 101 Å². The van der Waals surface area contributed by atoms with E-state index in [0.29, 0.717) is 11.6 Å². The van der Waals surface area contributed by atoms with Crippen LogP contribution in [0.2, 0.25) is 5.02 Å². The predicted molar refractivity (Wildman–Crippen MR) is 152 cm³/mol. The smallest absolute Gasteiger partial charge is 0.244 e. The third kappa shape index (κ3) is 9.07. The minimum Gasteiger partial charge on any atom is -0.354 e. The molecule has 0 aromatic heterocycles. The molecule has 0 saturated carbocycles. The molecule has 39 heavy (non-hydrogen) atoms. The van der Waals surface area contributed by atoms with Gasteiger partial charge >= 0.3 is 0 Å². The van der Waals surface area contributed by atoms with E-state index in [1.54, 1.807) is 24.3 Å². The van der Waals surface area contributed by atoms with Gasteiger partial charge in [0, 0.05) is 24.5 Å². The molecule has 3 rings (SSSR count). The Balaban J connectivity index is 2.03. The number of hydrogen-bond acceptors (Lipinski definition) is 4. The quantitative estimate of drug-likeness (QED) is 0.341. The third-order valence-corrected chi connectivity index (χ3v) is 7.41. The van der Waals surface area contributed by atoms with Crippen LogP contribution in [0.1, 0.15) is 25.0 Å². The summed E-state index contributed by atoms with van der Waals surface area (Å²) in [6.45, 7) is 3.83. The summed E-state index contributed by atoms with van der Waals surface area (Å²) in [5, 5.41) is 3.45. The van der Waals surface area contributed by atoms with Crippen LogP contribution in [0.3, 0.4) is 0 Å². The summed E-state index contributed by atoms with van der Waals surface area (Å²) in [5.41, 5.74) is 1.70. The summed E-state index contributed by atoms with van der Waals surface area (Å²) in [6.07, 6.45) is 1.20. The Labute approximate surface area is 234 Å². The van der Waals surface area contributed by atoms with E-state index in [1.807, 2.05) is 44.2 Å². The van der Waals surface area contributed by atoms with Crippen molar-refractivity contribution in [2.75, 3.05) is 23.7 Å². The first-order valence-electron chi connectivity index (χ1n) is 12.5. The molecule has 7 nitrogen and oxygen atoms in total. The monoisotopic (exact) mass is 573 g/mol. The van der Waals surface area contributed by atoms with E-state index in [2.05, 4.69) is 5.32 Å². The largest absolute Gasteiger partial charge is 0.354 e. The third-order valence-electron chi connectivity index (χ3n) is 6.02. The summed E-state index contributed by atoms with van der Waals surface area (Å²) in [5.74, 6) is -1.28. The summed E-state index contributed by atoms with van der Waals surface area (Å²) < 4.78 is 39.9. The predicted octanol–water partition coefficient (Wildman–Crippen LogP) is 4.66. The Morgan fingerprint density at radius 3 is 2.10 bits per heavy atom. The zero-order valence-corrected chi connectivity index (χ0v) is 23.8. The van der Waals surface area contributed by atoms with E-state index in [1.165, 1.54) is 17.0 Å². The molecule has 0 spiro atoms. The first kappa shape index (κ1) is 30.1. The Bertz CT molecular complexity index is 1350. The van der Waals surface area contributed by atoms with Gasteiger partial charge in [-0.2, -0.15) is 0 Å². The van der Waals surface area contributed by atoms with Crippen molar-refractivity contribution in [1.29, 1.82) is 0 Å². The van der Waals surface area contributed by atoms with Gasteiger partial charge in [-0.1, -0.05) is 67.9 Å². The molecule has 0 fully saturated rings. The standard InChI is InChI=1S/C29H33ClFN3O4S/c1-21(2)18-32-29(36)27(17-22-7-5-4-6-8-22)33(19-23-9-11-24(30)12-10-23)28(35)20-34(39(3,37)38)26-15-13-25(31)14-16-26/h4-16,21,27H,17-20H2,1-3H3,(H,32,36). The minimum atomic E-state index is -3.92. The molecule has 0 bridgehead atoms. The number of sulfonamides is 1. The number of carbonyl (C=O) groups is 2. The van der Waals surface area contributed by atoms with Crippen LogP contribution in [0, 0.1) is 11.7 Å². The van der Waals surface area contributed by atoms with Gasteiger partial charge in [0.2, 0.25) is 21.8 Å². The molecular weight excluding hydrogens is 541 g/mol. The SMILES string of the molecule is CC(C)CNC(=O)C(Cc1ccccc1)N(Cc1ccc(Cl)cc1)C(=O)CN(c1ccc(F)cc1)S(C)(=O)=O. The van der Waals surface area contributed by atoms with Gasteiger partial charge in [-0.3, -0.25) is 13.9 Å². The lowest BCUT2D eigenvalue weighted by Gasteiger charge is -2.33. The van der Waals surface area contributed by atoms with Gasteiger partial charge in [-0.05, 0) is 53.4 Å². The highest BCUT2D eigenvalue weighted by atomic mass is 35.5. The Hall–Kier alpha value is -3.43. The van der Waals surface area contributed by atoms with Gasteiger partial charge in [-0.15, -0.1) is 0 Å². The first-order valence-corrected chi connectivity index (χ1v) is 14.8.